The second kappa shape index (κ2) is 7.03. The molecule has 0 bridgehead atoms. The van der Waals surface area contributed by atoms with Gasteiger partial charge < -0.3 is 5.32 Å². The minimum absolute atomic E-state index is 0.122. The van der Waals surface area contributed by atoms with E-state index in [2.05, 4.69) is 15.4 Å². The lowest BCUT2D eigenvalue weighted by atomic mass is 9.87. The van der Waals surface area contributed by atoms with Crippen LogP contribution in [0, 0.1) is 0 Å². The zero-order valence-corrected chi connectivity index (χ0v) is 16.9. The summed E-state index contributed by atoms with van der Waals surface area (Å²) < 4.78 is 1.70. The summed E-state index contributed by atoms with van der Waals surface area (Å²) in [6.07, 6.45) is 4.05. The Morgan fingerprint density at radius 2 is 2.00 bits per heavy atom. The van der Waals surface area contributed by atoms with Crippen molar-refractivity contribution in [2.24, 2.45) is 7.05 Å². The first-order valence-corrected chi connectivity index (χ1v) is 10.0. The number of aromatic nitrogens is 3. The lowest BCUT2D eigenvalue weighted by Crippen LogP contribution is -2.43. The molecule has 3 heterocycles. The highest BCUT2D eigenvalue weighted by molar-refractivity contribution is 7.13. The molecule has 0 saturated carbocycles. The number of benzene rings is 1. The number of amides is 3. The van der Waals surface area contributed by atoms with Gasteiger partial charge >= 0.3 is 6.03 Å². The number of hydrogen-bond donors (Lipinski definition) is 1. The van der Waals surface area contributed by atoms with Crippen molar-refractivity contribution in [1.82, 2.24) is 25.0 Å². The Balaban J connectivity index is 1.59. The third-order valence-electron chi connectivity index (χ3n) is 4.87. The molecule has 3 amide bonds. The van der Waals surface area contributed by atoms with Crippen LogP contribution in [-0.2, 0) is 23.9 Å². The molecular weight excluding hydrogens is 398 g/mol. The van der Waals surface area contributed by atoms with Crippen molar-refractivity contribution in [3.05, 3.63) is 58.3 Å². The zero-order valence-electron chi connectivity index (χ0n) is 15.3. The predicted octanol–water partition coefficient (Wildman–Crippen LogP) is 3.55. The maximum Gasteiger partial charge on any atom is 0.325 e. The van der Waals surface area contributed by atoms with Crippen molar-refractivity contribution in [2.45, 2.75) is 25.4 Å². The van der Waals surface area contributed by atoms with Crippen molar-refractivity contribution >= 4 is 34.9 Å². The monoisotopic (exact) mass is 415 g/mol. The number of urea groups is 1. The largest absolute Gasteiger partial charge is 0.325 e. The van der Waals surface area contributed by atoms with Gasteiger partial charge in [-0.3, -0.25) is 14.4 Å². The van der Waals surface area contributed by atoms with Crippen LogP contribution in [0.15, 0.2) is 42.0 Å². The third kappa shape index (κ3) is 3.08. The minimum Gasteiger partial charge on any atom is -0.319 e. The Kier molecular flexibility index (Phi) is 4.68. The molecule has 28 heavy (non-hydrogen) atoms. The molecule has 1 fully saturated rings. The molecule has 9 heteroatoms. The smallest absolute Gasteiger partial charge is 0.319 e. The molecule has 1 aliphatic rings. The van der Waals surface area contributed by atoms with Gasteiger partial charge in [0.15, 0.2) is 0 Å². The highest BCUT2D eigenvalue weighted by atomic mass is 35.5. The van der Waals surface area contributed by atoms with Gasteiger partial charge in [-0.15, -0.1) is 11.3 Å². The van der Waals surface area contributed by atoms with Gasteiger partial charge in [0.1, 0.15) is 10.5 Å². The quantitative estimate of drug-likeness (QED) is 0.646. The summed E-state index contributed by atoms with van der Waals surface area (Å²) in [6.45, 7) is 2.00. The van der Waals surface area contributed by atoms with Crippen LogP contribution >= 0.6 is 22.9 Å². The normalized spacial score (nSPS) is 19.3. The number of carbonyl (C=O) groups is 2. The summed E-state index contributed by atoms with van der Waals surface area (Å²) in [7, 11) is 1.84. The van der Waals surface area contributed by atoms with E-state index in [9.17, 15) is 9.59 Å². The number of hydrogen-bond acceptors (Lipinski definition) is 5. The van der Waals surface area contributed by atoms with E-state index in [4.69, 9.17) is 11.6 Å². The Morgan fingerprint density at radius 3 is 2.64 bits per heavy atom. The van der Waals surface area contributed by atoms with Gasteiger partial charge in [0.2, 0.25) is 0 Å². The highest BCUT2D eigenvalue weighted by Crippen LogP contribution is 2.34. The number of imide groups is 1. The maximum atomic E-state index is 13.2. The molecule has 144 valence electrons. The summed E-state index contributed by atoms with van der Waals surface area (Å²) >= 11 is 7.42. The lowest BCUT2D eigenvalue weighted by Gasteiger charge is -2.25. The SMILES string of the molecule is CCC1(c2ccc(Cl)cc2)NC(=O)N(Cc2csc(-c3cnn(C)c3)n2)C1=O. The van der Waals surface area contributed by atoms with Crippen LogP contribution in [-0.4, -0.2) is 31.6 Å². The second-order valence-corrected chi connectivity index (χ2v) is 7.93. The lowest BCUT2D eigenvalue weighted by molar-refractivity contribution is -0.132. The molecule has 0 aliphatic carbocycles. The highest BCUT2D eigenvalue weighted by Gasteiger charge is 2.51. The first-order chi connectivity index (χ1) is 13.4. The second-order valence-electron chi connectivity index (χ2n) is 6.63. The molecule has 0 spiro atoms. The van der Waals surface area contributed by atoms with Gasteiger partial charge in [0.25, 0.3) is 5.91 Å². The fourth-order valence-electron chi connectivity index (χ4n) is 3.35. The minimum atomic E-state index is -1.08. The van der Waals surface area contributed by atoms with Crippen molar-refractivity contribution in [2.75, 3.05) is 0 Å². The number of nitrogens with one attached hydrogen (secondary N) is 1. The standard InChI is InChI=1S/C19H18ClN5O2S/c1-3-19(13-4-6-14(20)7-5-13)17(26)25(18(27)23-19)10-15-11-28-16(22-15)12-8-21-24(2)9-12/h4-9,11H,3,10H2,1-2H3,(H,23,27). The van der Waals surface area contributed by atoms with Gasteiger partial charge in [-0.05, 0) is 24.1 Å². The van der Waals surface area contributed by atoms with Crippen LogP contribution in [0.2, 0.25) is 5.02 Å². The molecule has 1 unspecified atom stereocenters. The molecule has 3 aromatic rings. The number of nitrogens with zero attached hydrogens (tertiary/aromatic N) is 4. The first-order valence-electron chi connectivity index (χ1n) is 8.76. The summed E-state index contributed by atoms with van der Waals surface area (Å²) in [5, 5.41) is 10.3. The van der Waals surface area contributed by atoms with E-state index in [0.29, 0.717) is 17.1 Å². The molecule has 2 aromatic heterocycles. The number of aryl methyl sites for hydroxylation is 1. The topological polar surface area (TPSA) is 80.1 Å². The number of halogens is 1. The van der Waals surface area contributed by atoms with E-state index in [1.54, 1.807) is 35.1 Å². The van der Waals surface area contributed by atoms with E-state index >= 15 is 0 Å². The van der Waals surface area contributed by atoms with Gasteiger partial charge in [-0.2, -0.15) is 5.10 Å². The summed E-state index contributed by atoms with van der Waals surface area (Å²) in [4.78, 5) is 31.6. The molecule has 1 aliphatic heterocycles. The van der Waals surface area contributed by atoms with Crippen LogP contribution < -0.4 is 5.32 Å². The van der Waals surface area contributed by atoms with Crippen LogP contribution in [0.5, 0.6) is 0 Å². The third-order valence-corrected chi connectivity index (χ3v) is 6.06. The molecule has 4 rings (SSSR count). The summed E-state index contributed by atoms with van der Waals surface area (Å²) in [5.74, 6) is -0.279. The Morgan fingerprint density at radius 1 is 1.25 bits per heavy atom. The van der Waals surface area contributed by atoms with Crippen LogP contribution in [0.3, 0.4) is 0 Å². The van der Waals surface area contributed by atoms with Crippen LogP contribution in [0.25, 0.3) is 10.6 Å². The average molecular weight is 416 g/mol. The molecule has 7 nitrogen and oxygen atoms in total. The first kappa shape index (κ1) is 18.6. The summed E-state index contributed by atoms with van der Waals surface area (Å²) in [5.41, 5.74) is 1.20. The van der Waals surface area contributed by atoms with Gasteiger partial charge in [0, 0.05) is 29.2 Å². The van der Waals surface area contributed by atoms with E-state index in [-0.39, 0.29) is 12.5 Å². The van der Waals surface area contributed by atoms with E-state index < -0.39 is 11.6 Å². The average Bonchev–Trinajstić information content (AvgIpc) is 3.38. The van der Waals surface area contributed by atoms with Crippen molar-refractivity contribution < 1.29 is 9.59 Å². The summed E-state index contributed by atoms with van der Waals surface area (Å²) in [6, 6.07) is 6.57. The van der Waals surface area contributed by atoms with Gasteiger partial charge in [0.05, 0.1) is 18.4 Å². The Hall–Kier alpha value is -2.71. The van der Waals surface area contributed by atoms with Crippen molar-refractivity contribution in [1.29, 1.82) is 0 Å². The van der Waals surface area contributed by atoms with Gasteiger partial charge in [-0.25, -0.2) is 9.78 Å². The molecule has 0 radical (unpaired) electrons. The Labute approximate surface area is 170 Å². The number of rotatable bonds is 5. The molecular formula is C19H18ClN5O2S. The maximum absolute atomic E-state index is 13.2. The van der Waals surface area contributed by atoms with Crippen LogP contribution in [0.4, 0.5) is 4.79 Å². The van der Waals surface area contributed by atoms with Crippen LogP contribution in [0.1, 0.15) is 24.6 Å². The number of carbonyl (C=O) groups excluding carboxylic acids is 2. The van der Waals surface area contributed by atoms with E-state index in [0.717, 1.165) is 16.1 Å². The fraction of sp³-hybridized carbons (Fsp3) is 0.263. The molecule has 1 N–H and O–H groups in total. The van der Waals surface area contributed by atoms with Crippen molar-refractivity contribution in [3.8, 4) is 10.6 Å². The fourth-order valence-corrected chi connectivity index (χ4v) is 4.26. The van der Waals surface area contributed by atoms with E-state index in [1.807, 2.05) is 25.5 Å². The number of thiazole rings is 1. The Bertz CT molecular complexity index is 1040. The molecule has 1 aromatic carbocycles. The van der Waals surface area contributed by atoms with Gasteiger partial charge in [-0.1, -0.05) is 30.7 Å². The van der Waals surface area contributed by atoms with E-state index in [1.165, 1.54) is 16.2 Å². The predicted molar refractivity (Wildman–Crippen MR) is 107 cm³/mol. The molecule has 1 saturated heterocycles. The molecule has 1 atom stereocenters. The zero-order chi connectivity index (χ0) is 19.9. The van der Waals surface area contributed by atoms with Crippen molar-refractivity contribution in [3.63, 3.8) is 0 Å².